The van der Waals surface area contributed by atoms with Crippen molar-refractivity contribution in [2.24, 2.45) is 0 Å². The van der Waals surface area contributed by atoms with Crippen molar-refractivity contribution in [2.45, 2.75) is 18.2 Å². The highest BCUT2D eigenvalue weighted by Gasteiger charge is 2.03. The molecule has 0 amide bonds. The van der Waals surface area contributed by atoms with Crippen LogP contribution >= 0.6 is 24.0 Å². The van der Waals surface area contributed by atoms with Crippen LogP contribution in [0.2, 0.25) is 0 Å². The lowest BCUT2D eigenvalue weighted by atomic mass is 10.1. The average molecular weight is 194 g/mol. The molecule has 0 bridgehead atoms. The first-order chi connectivity index (χ1) is 5.83. The van der Waals surface area contributed by atoms with Gasteiger partial charge in [-0.05, 0) is 18.1 Å². The van der Waals surface area contributed by atoms with Gasteiger partial charge >= 0.3 is 0 Å². The van der Waals surface area contributed by atoms with Crippen molar-refractivity contribution in [3.8, 4) is 0 Å². The van der Waals surface area contributed by atoms with Gasteiger partial charge in [-0.15, -0.1) is 24.0 Å². The highest BCUT2D eigenvalue weighted by molar-refractivity contribution is 7.80. The van der Waals surface area contributed by atoms with Crippen LogP contribution in [-0.2, 0) is 6.42 Å². The summed E-state index contributed by atoms with van der Waals surface area (Å²) in [5.74, 6) is 0. The van der Waals surface area contributed by atoms with Gasteiger partial charge in [0.05, 0.1) is 0 Å². The number of thiol groups is 1. The van der Waals surface area contributed by atoms with Crippen molar-refractivity contribution in [2.75, 3.05) is 0 Å². The summed E-state index contributed by atoms with van der Waals surface area (Å²) in [6.07, 6.45) is 1.08. The van der Waals surface area contributed by atoms with Gasteiger partial charge in [-0.3, -0.25) is 0 Å². The summed E-state index contributed by atoms with van der Waals surface area (Å²) < 4.78 is 1.35. The fourth-order valence-electron chi connectivity index (χ4n) is 1.44. The molecule has 2 rings (SSSR count). The molecule has 0 saturated heterocycles. The zero-order valence-corrected chi connectivity index (χ0v) is 8.58. The van der Waals surface area contributed by atoms with E-state index in [1.54, 1.807) is 11.3 Å². The van der Waals surface area contributed by atoms with Crippen LogP contribution < -0.4 is 0 Å². The molecule has 0 aliphatic heterocycles. The second-order valence-electron chi connectivity index (χ2n) is 2.76. The van der Waals surface area contributed by atoms with Crippen LogP contribution in [0.25, 0.3) is 10.1 Å². The fraction of sp³-hybridized carbons (Fsp3) is 0.200. The van der Waals surface area contributed by atoms with Crippen molar-refractivity contribution in [3.05, 3.63) is 29.1 Å². The molecule has 0 N–H and O–H groups in total. The average Bonchev–Trinajstić information content (AvgIpc) is 2.48. The molecule has 0 spiro atoms. The van der Waals surface area contributed by atoms with Crippen LogP contribution in [0.3, 0.4) is 0 Å². The van der Waals surface area contributed by atoms with E-state index in [1.165, 1.54) is 15.6 Å². The Morgan fingerprint density at radius 3 is 3.00 bits per heavy atom. The Hall–Kier alpha value is -0.470. The number of hydrogen-bond acceptors (Lipinski definition) is 2. The molecule has 0 unspecified atom stereocenters. The Balaban J connectivity index is 2.84. The Morgan fingerprint density at radius 2 is 2.25 bits per heavy atom. The van der Waals surface area contributed by atoms with E-state index in [4.69, 9.17) is 0 Å². The van der Waals surface area contributed by atoms with Crippen molar-refractivity contribution < 1.29 is 0 Å². The van der Waals surface area contributed by atoms with Gasteiger partial charge in [-0.25, -0.2) is 0 Å². The summed E-state index contributed by atoms with van der Waals surface area (Å²) in [6, 6.07) is 6.44. The topological polar surface area (TPSA) is 0 Å². The minimum Gasteiger partial charge on any atom is -0.143 e. The maximum atomic E-state index is 4.44. The molecule has 12 heavy (non-hydrogen) atoms. The Kier molecular flexibility index (Phi) is 2.11. The highest BCUT2D eigenvalue weighted by atomic mass is 32.1. The summed E-state index contributed by atoms with van der Waals surface area (Å²) in [6.45, 7) is 2.18. The van der Waals surface area contributed by atoms with Gasteiger partial charge in [-0.2, -0.15) is 0 Å². The Labute approximate surface area is 81.6 Å². The van der Waals surface area contributed by atoms with Crippen LogP contribution in [0.15, 0.2) is 28.5 Å². The summed E-state index contributed by atoms with van der Waals surface area (Å²) in [4.78, 5) is 1.12. The minimum atomic E-state index is 1.08. The molecule has 0 fully saturated rings. The number of fused-ring (bicyclic) bond motifs is 1. The molecule has 0 radical (unpaired) electrons. The van der Waals surface area contributed by atoms with E-state index in [0.717, 1.165) is 11.3 Å². The maximum absolute atomic E-state index is 4.44. The molecule has 1 aromatic carbocycles. The normalized spacial score (nSPS) is 10.8. The van der Waals surface area contributed by atoms with E-state index in [0.29, 0.717) is 0 Å². The second-order valence-corrected chi connectivity index (χ2v) is 4.16. The summed E-state index contributed by atoms with van der Waals surface area (Å²) in [5, 5.41) is 3.45. The zero-order valence-electron chi connectivity index (χ0n) is 6.87. The third-order valence-electron chi connectivity index (χ3n) is 2.05. The lowest BCUT2D eigenvalue weighted by Crippen LogP contribution is -1.79. The van der Waals surface area contributed by atoms with E-state index < -0.39 is 0 Å². The SMILES string of the molecule is CCc1cccc2scc(S)c12. The van der Waals surface area contributed by atoms with E-state index in [-0.39, 0.29) is 0 Å². The number of thiophene rings is 1. The zero-order chi connectivity index (χ0) is 8.55. The van der Waals surface area contributed by atoms with Gasteiger partial charge in [0.15, 0.2) is 0 Å². The minimum absolute atomic E-state index is 1.08. The monoisotopic (exact) mass is 194 g/mol. The third-order valence-corrected chi connectivity index (χ3v) is 3.52. The second kappa shape index (κ2) is 3.11. The van der Waals surface area contributed by atoms with Gasteiger partial charge in [0, 0.05) is 20.4 Å². The van der Waals surface area contributed by atoms with Crippen LogP contribution in [-0.4, -0.2) is 0 Å². The van der Waals surface area contributed by atoms with Crippen LogP contribution in [0, 0.1) is 0 Å². The molecular formula is C10H10S2. The van der Waals surface area contributed by atoms with E-state index >= 15 is 0 Å². The van der Waals surface area contributed by atoms with Crippen LogP contribution in [0.1, 0.15) is 12.5 Å². The third kappa shape index (κ3) is 1.15. The molecule has 1 aromatic heterocycles. The standard InChI is InChI=1S/C10H10S2/c1-2-7-4-3-5-9-10(7)8(11)6-12-9/h3-6,11H,2H2,1H3. The fourth-order valence-corrected chi connectivity index (χ4v) is 2.81. The van der Waals surface area contributed by atoms with E-state index in [9.17, 15) is 0 Å². The van der Waals surface area contributed by atoms with Crippen molar-refractivity contribution in [1.82, 2.24) is 0 Å². The predicted octanol–water partition coefficient (Wildman–Crippen LogP) is 3.75. The first kappa shape index (κ1) is 8.14. The molecule has 0 atom stereocenters. The number of hydrogen-bond donors (Lipinski definition) is 1. The molecule has 2 aromatic rings. The smallest absolute Gasteiger partial charge is 0.0357 e. The van der Waals surface area contributed by atoms with Crippen molar-refractivity contribution >= 4 is 34.1 Å². The molecule has 0 saturated carbocycles. The van der Waals surface area contributed by atoms with Crippen LogP contribution in [0.4, 0.5) is 0 Å². The summed E-state index contributed by atoms with van der Waals surface area (Å²) >= 11 is 6.20. The molecule has 0 aliphatic carbocycles. The highest BCUT2D eigenvalue weighted by Crippen LogP contribution is 2.31. The lowest BCUT2D eigenvalue weighted by molar-refractivity contribution is 1.16. The van der Waals surface area contributed by atoms with Crippen molar-refractivity contribution in [3.63, 3.8) is 0 Å². The molecule has 0 nitrogen and oxygen atoms in total. The summed E-state index contributed by atoms with van der Waals surface area (Å²) in [7, 11) is 0. The Morgan fingerprint density at radius 1 is 1.42 bits per heavy atom. The van der Waals surface area contributed by atoms with Crippen molar-refractivity contribution in [1.29, 1.82) is 0 Å². The molecule has 62 valence electrons. The largest absolute Gasteiger partial charge is 0.143 e. The van der Waals surface area contributed by atoms with Gasteiger partial charge in [0.1, 0.15) is 0 Å². The first-order valence-electron chi connectivity index (χ1n) is 4.01. The summed E-state index contributed by atoms with van der Waals surface area (Å²) in [5.41, 5.74) is 1.40. The quantitative estimate of drug-likeness (QED) is 0.657. The van der Waals surface area contributed by atoms with E-state index in [2.05, 4.69) is 43.1 Å². The van der Waals surface area contributed by atoms with Gasteiger partial charge in [0.2, 0.25) is 0 Å². The number of benzene rings is 1. The molecule has 2 heteroatoms. The first-order valence-corrected chi connectivity index (χ1v) is 5.33. The molecular weight excluding hydrogens is 184 g/mol. The molecule has 1 heterocycles. The predicted molar refractivity (Wildman–Crippen MR) is 58.5 cm³/mol. The van der Waals surface area contributed by atoms with Gasteiger partial charge < -0.3 is 0 Å². The lowest BCUT2D eigenvalue weighted by Gasteiger charge is -1.99. The number of aryl methyl sites for hydroxylation is 1. The van der Waals surface area contributed by atoms with Crippen LogP contribution in [0.5, 0.6) is 0 Å². The van der Waals surface area contributed by atoms with Gasteiger partial charge in [0.25, 0.3) is 0 Å². The number of rotatable bonds is 1. The van der Waals surface area contributed by atoms with Gasteiger partial charge in [-0.1, -0.05) is 19.1 Å². The Bertz CT molecular complexity index is 401. The molecule has 0 aliphatic rings. The van der Waals surface area contributed by atoms with E-state index in [1.807, 2.05) is 0 Å². The maximum Gasteiger partial charge on any atom is 0.0357 e.